The van der Waals surface area contributed by atoms with Gasteiger partial charge < -0.3 is 14.8 Å². The zero-order valence-electron chi connectivity index (χ0n) is 14.5. The molecule has 2 rings (SSSR count). The number of hydrogen-bond donors (Lipinski definition) is 1. The minimum absolute atomic E-state index is 0.102. The number of amides is 1. The van der Waals surface area contributed by atoms with E-state index >= 15 is 0 Å². The van der Waals surface area contributed by atoms with Crippen LogP contribution in [0.3, 0.4) is 0 Å². The molecular formula is C20H25NO3. The highest BCUT2D eigenvalue weighted by molar-refractivity contribution is 5.80. The van der Waals surface area contributed by atoms with Gasteiger partial charge in [-0.2, -0.15) is 0 Å². The summed E-state index contributed by atoms with van der Waals surface area (Å²) >= 11 is 0. The summed E-state index contributed by atoms with van der Waals surface area (Å²) in [6.07, 6.45) is 1.33. The first-order valence-electron chi connectivity index (χ1n) is 8.22. The molecule has 0 bridgehead atoms. The Balaban J connectivity index is 1.70. The Kier molecular flexibility index (Phi) is 6.67. The van der Waals surface area contributed by atoms with Crippen LogP contribution < -0.4 is 14.8 Å². The van der Waals surface area contributed by atoms with Gasteiger partial charge in [-0.3, -0.25) is 4.79 Å². The van der Waals surface area contributed by atoms with Crippen molar-refractivity contribution >= 4 is 5.91 Å². The summed E-state index contributed by atoms with van der Waals surface area (Å²) in [5.74, 6) is 1.31. The lowest BCUT2D eigenvalue weighted by molar-refractivity contribution is -0.127. The normalized spacial score (nSPS) is 11.6. The summed E-state index contributed by atoms with van der Waals surface area (Å²) in [4.78, 5) is 12.1. The summed E-state index contributed by atoms with van der Waals surface area (Å²) in [5, 5.41) is 2.92. The minimum atomic E-state index is -0.530. The number of aryl methyl sites for hydroxylation is 2. The van der Waals surface area contributed by atoms with Crippen LogP contribution in [-0.2, 0) is 11.2 Å². The van der Waals surface area contributed by atoms with Crippen LogP contribution in [0.4, 0.5) is 0 Å². The molecule has 2 aromatic carbocycles. The molecule has 0 fully saturated rings. The van der Waals surface area contributed by atoms with Crippen LogP contribution in [0.15, 0.2) is 48.5 Å². The van der Waals surface area contributed by atoms with E-state index in [1.807, 2.05) is 12.1 Å². The van der Waals surface area contributed by atoms with Crippen molar-refractivity contribution in [2.75, 3.05) is 13.7 Å². The molecule has 4 heteroatoms. The van der Waals surface area contributed by atoms with Crippen molar-refractivity contribution in [3.05, 3.63) is 59.7 Å². The molecule has 0 heterocycles. The number of carbonyl (C=O) groups is 1. The number of methoxy groups -OCH3 is 1. The average Bonchev–Trinajstić information content (AvgIpc) is 2.60. The molecule has 1 amide bonds. The molecule has 0 unspecified atom stereocenters. The van der Waals surface area contributed by atoms with Crippen molar-refractivity contribution in [2.24, 2.45) is 0 Å². The zero-order chi connectivity index (χ0) is 17.4. The maximum Gasteiger partial charge on any atom is 0.260 e. The van der Waals surface area contributed by atoms with E-state index in [4.69, 9.17) is 9.47 Å². The Morgan fingerprint density at radius 3 is 2.29 bits per heavy atom. The molecule has 0 aliphatic heterocycles. The predicted molar refractivity (Wildman–Crippen MR) is 95.6 cm³/mol. The number of nitrogens with one attached hydrogen (secondary N) is 1. The Bertz CT molecular complexity index is 635. The molecule has 0 saturated carbocycles. The van der Waals surface area contributed by atoms with E-state index in [0.717, 1.165) is 18.6 Å². The summed E-state index contributed by atoms with van der Waals surface area (Å²) in [6.45, 7) is 4.47. The van der Waals surface area contributed by atoms with E-state index in [1.165, 1.54) is 11.1 Å². The molecule has 4 nitrogen and oxygen atoms in total. The monoisotopic (exact) mass is 327 g/mol. The van der Waals surface area contributed by atoms with Crippen molar-refractivity contribution in [3.63, 3.8) is 0 Å². The molecule has 24 heavy (non-hydrogen) atoms. The Morgan fingerprint density at radius 1 is 1.04 bits per heavy atom. The number of benzene rings is 2. The first-order chi connectivity index (χ1) is 11.6. The second-order valence-electron chi connectivity index (χ2n) is 5.82. The van der Waals surface area contributed by atoms with Crippen molar-refractivity contribution in [1.29, 1.82) is 0 Å². The third-order valence-corrected chi connectivity index (χ3v) is 3.80. The SMILES string of the molecule is COc1ccc(O[C@@H](C)C(=O)NCCCc2ccc(C)cc2)cc1. The van der Waals surface area contributed by atoms with Crippen LogP contribution in [0, 0.1) is 6.92 Å². The fourth-order valence-electron chi connectivity index (χ4n) is 2.31. The maximum absolute atomic E-state index is 12.1. The lowest BCUT2D eigenvalue weighted by Crippen LogP contribution is -2.36. The predicted octanol–water partition coefficient (Wildman–Crippen LogP) is 3.52. The molecule has 1 atom stereocenters. The quantitative estimate of drug-likeness (QED) is 0.755. The summed E-state index contributed by atoms with van der Waals surface area (Å²) < 4.78 is 10.7. The van der Waals surface area contributed by atoms with Crippen molar-refractivity contribution in [1.82, 2.24) is 5.32 Å². The molecule has 0 saturated heterocycles. The van der Waals surface area contributed by atoms with Gasteiger partial charge in [0.25, 0.3) is 5.91 Å². The fraction of sp³-hybridized carbons (Fsp3) is 0.350. The first-order valence-corrected chi connectivity index (χ1v) is 8.22. The topological polar surface area (TPSA) is 47.6 Å². The van der Waals surface area contributed by atoms with Gasteiger partial charge in [-0.05, 0) is 56.5 Å². The third kappa shape index (κ3) is 5.61. The van der Waals surface area contributed by atoms with Crippen LogP contribution in [0.5, 0.6) is 11.5 Å². The summed E-state index contributed by atoms with van der Waals surface area (Å²) in [5.41, 5.74) is 2.55. The van der Waals surface area contributed by atoms with Crippen molar-refractivity contribution in [3.8, 4) is 11.5 Å². The second-order valence-corrected chi connectivity index (χ2v) is 5.82. The van der Waals surface area contributed by atoms with Gasteiger partial charge in [0.05, 0.1) is 7.11 Å². The lowest BCUT2D eigenvalue weighted by atomic mass is 10.1. The van der Waals surface area contributed by atoms with E-state index in [1.54, 1.807) is 26.2 Å². The smallest absolute Gasteiger partial charge is 0.260 e. The Labute approximate surface area is 143 Å². The summed E-state index contributed by atoms with van der Waals surface area (Å²) in [6, 6.07) is 15.7. The lowest BCUT2D eigenvalue weighted by Gasteiger charge is -2.15. The van der Waals surface area contributed by atoms with E-state index < -0.39 is 6.10 Å². The van der Waals surface area contributed by atoms with E-state index in [0.29, 0.717) is 12.3 Å². The van der Waals surface area contributed by atoms with Crippen LogP contribution in [0.1, 0.15) is 24.5 Å². The molecule has 0 aliphatic rings. The van der Waals surface area contributed by atoms with Gasteiger partial charge in [-0.15, -0.1) is 0 Å². The van der Waals surface area contributed by atoms with E-state index in [2.05, 4.69) is 36.5 Å². The minimum Gasteiger partial charge on any atom is -0.497 e. The Hall–Kier alpha value is -2.49. The van der Waals surface area contributed by atoms with Gasteiger partial charge in [-0.1, -0.05) is 29.8 Å². The highest BCUT2D eigenvalue weighted by Crippen LogP contribution is 2.18. The van der Waals surface area contributed by atoms with Crippen molar-refractivity contribution < 1.29 is 14.3 Å². The molecule has 0 radical (unpaired) electrons. The number of rotatable bonds is 8. The maximum atomic E-state index is 12.1. The standard InChI is InChI=1S/C20H25NO3/c1-15-6-8-17(9-7-15)5-4-14-21-20(22)16(2)24-19-12-10-18(23-3)11-13-19/h6-13,16H,4-5,14H2,1-3H3,(H,21,22)/t16-/m0/s1. The molecular weight excluding hydrogens is 302 g/mol. The third-order valence-electron chi connectivity index (χ3n) is 3.80. The molecule has 0 aliphatic carbocycles. The van der Waals surface area contributed by atoms with Crippen LogP contribution in [0.25, 0.3) is 0 Å². The van der Waals surface area contributed by atoms with Crippen LogP contribution in [0.2, 0.25) is 0 Å². The van der Waals surface area contributed by atoms with Gasteiger partial charge in [0.1, 0.15) is 11.5 Å². The highest BCUT2D eigenvalue weighted by Gasteiger charge is 2.13. The summed E-state index contributed by atoms with van der Waals surface area (Å²) in [7, 11) is 1.61. The van der Waals surface area contributed by atoms with Crippen LogP contribution in [-0.4, -0.2) is 25.7 Å². The molecule has 1 N–H and O–H groups in total. The van der Waals surface area contributed by atoms with Gasteiger partial charge in [0.15, 0.2) is 6.10 Å². The molecule has 2 aromatic rings. The zero-order valence-corrected chi connectivity index (χ0v) is 14.5. The second kappa shape index (κ2) is 8.96. The molecule has 128 valence electrons. The molecule has 0 spiro atoms. The van der Waals surface area contributed by atoms with Gasteiger partial charge in [0.2, 0.25) is 0 Å². The van der Waals surface area contributed by atoms with E-state index in [-0.39, 0.29) is 5.91 Å². The number of hydrogen-bond acceptors (Lipinski definition) is 3. The van der Waals surface area contributed by atoms with E-state index in [9.17, 15) is 4.79 Å². The van der Waals surface area contributed by atoms with Crippen molar-refractivity contribution in [2.45, 2.75) is 32.8 Å². The molecule has 0 aromatic heterocycles. The number of ether oxygens (including phenoxy) is 2. The number of carbonyl (C=O) groups excluding carboxylic acids is 1. The Morgan fingerprint density at radius 2 is 1.67 bits per heavy atom. The highest BCUT2D eigenvalue weighted by atomic mass is 16.5. The van der Waals surface area contributed by atoms with Gasteiger partial charge in [-0.25, -0.2) is 0 Å². The first kappa shape index (κ1) is 17.9. The fourth-order valence-corrected chi connectivity index (χ4v) is 2.31. The average molecular weight is 327 g/mol. The van der Waals surface area contributed by atoms with Crippen LogP contribution >= 0.6 is 0 Å². The largest absolute Gasteiger partial charge is 0.497 e. The van der Waals surface area contributed by atoms with Gasteiger partial charge >= 0.3 is 0 Å². The van der Waals surface area contributed by atoms with Gasteiger partial charge in [0, 0.05) is 6.54 Å².